The molecule has 0 fully saturated rings. The molecular weight excluding hydrogens is 384 g/mol. The van der Waals surface area contributed by atoms with Gasteiger partial charge in [-0.3, -0.25) is 9.59 Å². The number of ether oxygens (including phenoxy) is 1. The van der Waals surface area contributed by atoms with Crippen molar-refractivity contribution >= 4 is 28.8 Å². The van der Waals surface area contributed by atoms with Gasteiger partial charge in [-0.25, -0.2) is 0 Å². The number of amides is 2. The SMILES string of the molecule is C#Cc1cccc(N(Cc2cccs2)C(=O)COc2ccc(CC(N)=O)cc2)c1. The standard InChI is InChI=1S/C23H20N2O3S/c1-2-17-5-3-6-19(13-17)25(15-21-7-4-12-29-21)23(27)16-28-20-10-8-18(9-11-20)14-22(24)26/h1,3-13H,14-16H2,(H2,24,26). The first-order valence-electron chi connectivity index (χ1n) is 8.94. The van der Waals surface area contributed by atoms with Crippen LogP contribution in [0, 0.1) is 12.3 Å². The lowest BCUT2D eigenvalue weighted by Gasteiger charge is -2.23. The van der Waals surface area contributed by atoms with Crippen LogP contribution in [-0.4, -0.2) is 18.4 Å². The molecule has 0 aliphatic carbocycles. The van der Waals surface area contributed by atoms with Crippen molar-refractivity contribution in [2.45, 2.75) is 13.0 Å². The zero-order valence-corrected chi connectivity index (χ0v) is 16.5. The molecule has 0 saturated heterocycles. The third-order valence-electron chi connectivity index (χ3n) is 4.18. The lowest BCUT2D eigenvalue weighted by atomic mass is 10.1. The molecular formula is C23H20N2O3S. The lowest BCUT2D eigenvalue weighted by molar-refractivity contribution is -0.120. The molecule has 1 aromatic heterocycles. The van der Waals surface area contributed by atoms with Gasteiger partial charge < -0.3 is 15.4 Å². The Bertz CT molecular complexity index is 1020. The van der Waals surface area contributed by atoms with Crippen molar-refractivity contribution in [3.8, 4) is 18.1 Å². The second kappa shape index (κ2) is 9.58. The van der Waals surface area contributed by atoms with Crippen LogP contribution < -0.4 is 15.4 Å². The zero-order valence-electron chi connectivity index (χ0n) is 15.7. The summed E-state index contributed by atoms with van der Waals surface area (Å²) in [4.78, 5) is 26.6. The number of carbonyl (C=O) groups excluding carboxylic acids is 2. The molecule has 0 bridgehead atoms. The summed E-state index contributed by atoms with van der Waals surface area (Å²) < 4.78 is 5.66. The number of primary amides is 1. The summed E-state index contributed by atoms with van der Waals surface area (Å²) in [5.74, 6) is 2.56. The van der Waals surface area contributed by atoms with Gasteiger partial charge in [0.1, 0.15) is 5.75 Å². The van der Waals surface area contributed by atoms with Crippen LogP contribution >= 0.6 is 11.3 Å². The number of nitrogens with zero attached hydrogens (tertiary/aromatic N) is 1. The second-order valence-corrected chi connectivity index (χ2v) is 7.36. The van der Waals surface area contributed by atoms with E-state index in [4.69, 9.17) is 16.9 Å². The summed E-state index contributed by atoms with van der Waals surface area (Å²) in [6.07, 6.45) is 5.67. The Morgan fingerprint density at radius 3 is 2.55 bits per heavy atom. The van der Waals surface area contributed by atoms with Crippen molar-refractivity contribution in [3.05, 3.63) is 82.0 Å². The van der Waals surface area contributed by atoms with E-state index in [1.54, 1.807) is 40.5 Å². The Kier molecular flexibility index (Phi) is 6.67. The highest BCUT2D eigenvalue weighted by Gasteiger charge is 2.18. The number of carbonyl (C=O) groups is 2. The maximum Gasteiger partial charge on any atom is 0.265 e. The van der Waals surface area contributed by atoms with E-state index in [0.29, 0.717) is 17.9 Å². The van der Waals surface area contributed by atoms with Crippen LogP contribution in [0.5, 0.6) is 5.75 Å². The predicted octanol–water partition coefficient (Wildman–Crippen LogP) is 3.37. The highest BCUT2D eigenvalue weighted by molar-refractivity contribution is 7.09. The molecule has 3 aromatic rings. The Balaban J connectivity index is 1.72. The van der Waals surface area contributed by atoms with Gasteiger partial charge in [0.15, 0.2) is 6.61 Å². The minimum atomic E-state index is -0.396. The fraction of sp³-hybridized carbons (Fsp3) is 0.130. The number of hydrogen-bond acceptors (Lipinski definition) is 4. The van der Waals surface area contributed by atoms with Crippen LogP contribution in [0.15, 0.2) is 66.0 Å². The number of anilines is 1. The summed E-state index contributed by atoms with van der Waals surface area (Å²) >= 11 is 1.58. The fourth-order valence-electron chi connectivity index (χ4n) is 2.77. The minimum absolute atomic E-state index is 0.124. The molecule has 6 heteroatoms. The molecule has 0 radical (unpaired) electrons. The van der Waals surface area contributed by atoms with Gasteiger partial charge in [-0.05, 0) is 47.3 Å². The molecule has 0 saturated carbocycles. The molecule has 2 amide bonds. The Labute approximate surface area is 173 Å². The lowest BCUT2D eigenvalue weighted by Crippen LogP contribution is -2.34. The van der Waals surface area contributed by atoms with Crippen molar-refractivity contribution in [2.24, 2.45) is 5.73 Å². The summed E-state index contributed by atoms with van der Waals surface area (Å²) in [7, 11) is 0. The van der Waals surface area contributed by atoms with Crippen LogP contribution in [0.1, 0.15) is 16.0 Å². The highest BCUT2D eigenvalue weighted by atomic mass is 32.1. The number of hydrogen-bond donors (Lipinski definition) is 1. The van der Waals surface area contributed by atoms with Crippen molar-refractivity contribution in [1.29, 1.82) is 0 Å². The molecule has 0 aliphatic heterocycles. The van der Waals surface area contributed by atoms with E-state index in [0.717, 1.165) is 16.1 Å². The molecule has 0 atom stereocenters. The molecule has 146 valence electrons. The molecule has 0 unspecified atom stereocenters. The smallest absolute Gasteiger partial charge is 0.265 e. The minimum Gasteiger partial charge on any atom is -0.484 e. The van der Waals surface area contributed by atoms with Crippen LogP contribution in [0.4, 0.5) is 5.69 Å². The van der Waals surface area contributed by atoms with E-state index in [2.05, 4.69) is 5.92 Å². The van der Waals surface area contributed by atoms with Gasteiger partial charge in [0, 0.05) is 16.1 Å². The van der Waals surface area contributed by atoms with Crippen LogP contribution in [-0.2, 0) is 22.6 Å². The first-order chi connectivity index (χ1) is 14.0. The molecule has 0 spiro atoms. The van der Waals surface area contributed by atoms with Crippen molar-refractivity contribution in [1.82, 2.24) is 0 Å². The fourth-order valence-corrected chi connectivity index (χ4v) is 3.47. The summed E-state index contributed by atoms with van der Waals surface area (Å²) in [6, 6.07) is 18.2. The van der Waals surface area contributed by atoms with Gasteiger partial charge in [-0.15, -0.1) is 17.8 Å². The van der Waals surface area contributed by atoms with Crippen molar-refractivity contribution in [2.75, 3.05) is 11.5 Å². The van der Waals surface area contributed by atoms with E-state index in [1.165, 1.54) is 0 Å². The van der Waals surface area contributed by atoms with Gasteiger partial charge in [-0.2, -0.15) is 0 Å². The first-order valence-corrected chi connectivity index (χ1v) is 9.82. The second-order valence-electron chi connectivity index (χ2n) is 6.33. The molecule has 3 rings (SSSR count). The summed E-state index contributed by atoms with van der Waals surface area (Å²) in [5, 5.41) is 1.97. The van der Waals surface area contributed by atoms with Gasteiger partial charge >= 0.3 is 0 Å². The Hall–Kier alpha value is -3.56. The third-order valence-corrected chi connectivity index (χ3v) is 5.04. The van der Waals surface area contributed by atoms with Gasteiger partial charge in [0.2, 0.25) is 5.91 Å². The van der Waals surface area contributed by atoms with E-state index in [1.807, 2.05) is 41.8 Å². The first kappa shape index (κ1) is 20.2. The van der Waals surface area contributed by atoms with Crippen LogP contribution in [0.2, 0.25) is 0 Å². The summed E-state index contributed by atoms with van der Waals surface area (Å²) in [5.41, 5.74) is 7.41. The van der Waals surface area contributed by atoms with E-state index < -0.39 is 5.91 Å². The average Bonchev–Trinajstić information content (AvgIpc) is 3.24. The normalized spacial score (nSPS) is 10.2. The highest BCUT2D eigenvalue weighted by Crippen LogP contribution is 2.22. The monoisotopic (exact) mass is 404 g/mol. The molecule has 2 aromatic carbocycles. The predicted molar refractivity (Wildman–Crippen MR) is 115 cm³/mol. The maximum absolute atomic E-state index is 12.9. The van der Waals surface area contributed by atoms with E-state index in [9.17, 15) is 9.59 Å². The van der Waals surface area contributed by atoms with Crippen molar-refractivity contribution in [3.63, 3.8) is 0 Å². The van der Waals surface area contributed by atoms with Crippen molar-refractivity contribution < 1.29 is 14.3 Å². The maximum atomic E-state index is 12.9. The molecule has 5 nitrogen and oxygen atoms in total. The largest absolute Gasteiger partial charge is 0.484 e. The zero-order chi connectivity index (χ0) is 20.6. The third kappa shape index (κ3) is 5.71. The van der Waals surface area contributed by atoms with E-state index >= 15 is 0 Å². The Morgan fingerprint density at radius 2 is 1.90 bits per heavy atom. The molecule has 2 N–H and O–H groups in total. The van der Waals surface area contributed by atoms with Crippen LogP contribution in [0.25, 0.3) is 0 Å². The van der Waals surface area contributed by atoms with Gasteiger partial charge in [0.05, 0.1) is 13.0 Å². The number of nitrogens with two attached hydrogens (primary N) is 1. The topological polar surface area (TPSA) is 72.6 Å². The molecule has 29 heavy (non-hydrogen) atoms. The number of rotatable bonds is 8. The van der Waals surface area contributed by atoms with E-state index in [-0.39, 0.29) is 18.9 Å². The molecule has 0 aliphatic rings. The van der Waals surface area contributed by atoms with Gasteiger partial charge in [0.25, 0.3) is 5.91 Å². The quantitative estimate of drug-likeness (QED) is 0.585. The van der Waals surface area contributed by atoms with Crippen LogP contribution in [0.3, 0.4) is 0 Å². The molecule has 1 heterocycles. The Morgan fingerprint density at radius 1 is 1.10 bits per heavy atom. The number of benzene rings is 2. The van der Waals surface area contributed by atoms with Gasteiger partial charge in [-0.1, -0.05) is 30.2 Å². The average molecular weight is 404 g/mol. The summed E-state index contributed by atoms with van der Waals surface area (Å²) in [6.45, 7) is 0.312. The number of thiophene rings is 1. The number of terminal acetylenes is 1.